The third-order valence-corrected chi connectivity index (χ3v) is 5.45. The van der Waals surface area contributed by atoms with Gasteiger partial charge in [0.25, 0.3) is 0 Å². The number of halogens is 2. The molecule has 0 bridgehead atoms. The lowest BCUT2D eigenvalue weighted by atomic mass is 9.91. The minimum atomic E-state index is -0.263. The van der Waals surface area contributed by atoms with E-state index in [1.165, 1.54) is 25.0 Å². The molecule has 21 heavy (non-hydrogen) atoms. The fourth-order valence-corrected chi connectivity index (χ4v) is 3.55. The molecular formula is C17H24ClFN2. The van der Waals surface area contributed by atoms with Crippen molar-refractivity contribution in [1.29, 1.82) is 0 Å². The number of nitrogens with zero attached hydrogens (tertiary/aromatic N) is 1. The Kier molecular flexibility index (Phi) is 4.26. The average Bonchev–Trinajstić information content (AvgIpc) is 3.27. The number of hydrogen-bond donors (Lipinski definition) is 1. The van der Waals surface area contributed by atoms with Crippen LogP contribution in [0, 0.1) is 11.7 Å². The maximum absolute atomic E-state index is 13.2. The van der Waals surface area contributed by atoms with E-state index in [9.17, 15) is 4.39 Å². The molecule has 2 atom stereocenters. The van der Waals surface area contributed by atoms with E-state index < -0.39 is 0 Å². The molecule has 1 aromatic rings. The molecule has 0 spiro atoms. The second-order valence-corrected chi connectivity index (χ2v) is 7.25. The third-order valence-electron chi connectivity index (χ3n) is 5.09. The number of hydrogen-bond acceptors (Lipinski definition) is 2. The van der Waals surface area contributed by atoms with Crippen LogP contribution in [0.5, 0.6) is 0 Å². The molecular weight excluding hydrogens is 287 g/mol. The summed E-state index contributed by atoms with van der Waals surface area (Å²) in [5, 5.41) is 4.26. The summed E-state index contributed by atoms with van der Waals surface area (Å²) >= 11 is 6.21. The predicted molar refractivity (Wildman–Crippen MR) is 85.0 cm³/mol. The van der Waals surface area contributed by atoms with Crippen LogP contribution in [0.1, 0.15) is 38.7 Å². The molecule has 2 fully saturated rings. The van der Waals surface area contributed by atoms with E-state index in [0.29, 0.717) is 11.1 Å². The minimum absolute atomic E-state index is 0.165. The van der Waals surface area contributed by atoms with Gasteiger partial charge in [0, 0.05) is 36.2 Å². The second kappa shape index (κ2) is 5.86. The maximum Gasteiger partial charge on any atom is 0.124 e. The summed E-state index contributed by atoms with van der Waals surface area (Å²) in [5.74, 6) is 0.555. The summed E-state index contributed by atoms with van der Waals surface area (Å²) in [4.78, 5) is 2.55. The zero-order valence-corrected chi connectivity index (χ0v) is 13.6. The Hall–Kier alpha value is -0.640. The van der Waals surface area contributed by atoms with E-state index in [1.54, 1.807) is 0 Å². The highest BCUT2D eigenvalue weighted by Gasteiger charge is 2.41. The van der Waals surface area contributed by atoms with E-state index >= 15 is 0 Å². The van der Waals surface area contributed by atoms with Crippen molar-refractivity contribution in [3.63, 3.8) is 0 Å². The van der Waals surface area contributed by atoms with Gasteiger partial charge in [-0.15, -0.1) is 0 Å². The zero-order chi connectivity index (χ0) is 15.0. The molecule has 0 amide bonds. The molecule has 0 radical (unpaired) electrons. The normalized spacial score (nSPS) is 30.6. The van der Waals surface area contributed by atoms with Crippen LogP contribution in [0.15, 0.2) is 18.2 Å². The van der Waals surface area contributed by atoms with Crippen LogP contribution in [-0.2, 0) is 6.54 Å². The number of benzene rings is 1. The quantitative estimate of drug-likeness (QED) is 0.909. The Bertz CT molecular complexity index is 518. The molecule has 116 valence electrons. The van der Waals surface area contributed by atoms with E-state index in [-0.39, 0.29) is 11.4 Å². The Morgan fingerprint density at radius 2 is 2.19 bits per heavy atom. The molecule has 3 rings (SSSR count). The average molecular weight is 311 g/mol. The first kappa shape index (κ1) is 15.3. The van der Waals surface area contributed by atoms with Gasteiger partial charge in [0.2, 0.25) is 0 Å². The van der Waals surface area contributed by atoms with Gasteiger partial charge in [-0.25, -0.2) is 4.39 Å². The van der Waals surface area contributed by atoms with E-state index in [2.05, 4.69) is 24.1 Å². The fraction of sp³-hybridized carbons (Fsp3) is 0.647. The fourth-order valence-electron chi connectivity index (χ4n) is 3.33. The van der Waals surface area contributed by atoms with Crippen molar-refractivity contribution in [3.8, 4) is 0 Å². The van der Waals surface area contributed by atoms with Crippen molar-refractivity contribution in [1.82, 2.24) is 10.2 Å². The molecule has 1 aromatic carbocycles. The van der Waals surface area contributed by atoms with Gasteiger partial charge in [-0.05, 0) is 49.8 Å². The monoisotopic (exact) mass is 310 g/mol. The molecule has 1 heterocycles. The van der Waals surface area contributed by atoms with Crippen LogP contribution < -0.4 is 5.32 Å². The molecule has 1 aliphatic carbocycles. The van der Waals surface area contributed by atoms with Crippen LogP contribution >= 0.6 is 11.6 Å². The van der Waals surface area contributed by atoms with Gasteiger partial charge in [-0.1, -0.05) is 24.6 Å². The molecule has 2 unspecified atom stereocenters. The van der Waals surface area contributed by atoms with E-state index in [4.69, 9.17) is 11.6 Å². The van der Waals surface area contributed by atoms with Gasteiger partial charge in [0.1, 0.15) is 5.82 Å². The van der Waals surface area contributed by atoms with Crippen molar-refractivity contribution in [2.24, 2.45) is 5.92 Å². The van der Waals surface area contributed by atoms with Crippen LogP contribution in [0.25, 0.3) is 0 Å². The molecule has 2 nitrogen and oxygen atoms in total. The standard InChI is InChI=1S/C17H24ClFN2/c1-3-17(2)11-21(16(9-20-17)12-4-5-12)10-13-6-7-14(19)8-15(13)18/h6-8,12,16,20H,3-5,9-11H2,1-2H3. The van der Waals surface area contributed by atoms with Gasteiger partial charge < -0.3 is 5.32 Å². The van der Waals surface area contributed by atoms with Crippen molar-refractivity contribution in [2.45, 2.75) is 51.2 Å². The first-order chi connectivity index (χ1) is 10.0. The van der Waals surface area contributed by atoms with Crippen molar-refractivity contribution in [3.05, 3.63) is 34.6 Å². The highest BCUT2D eigenvalue weighted by Crippen LogP contribution is 2.38. The van der Waals surface area contributed by atoms with Gasteiger partial charge in [0.05, 0.1) is 0 Å². The summed E-state index contributed by atoms with van der Waals surface area (Å²) in [6.07, 6.45) is 3.78. The lowest BCUT2D eigenvalue weighted by Gasteiger charge is -2.46. The van der Waals surface area contributed by atoms with Crippen LogP contribution in [0.3, 0.4) is 0 Å². The number of nitrogens with one attached hydrogen (secondary N) is 1. The molecule has 4 heteroatoms. The molecule has 1 N–H and O–H groups in total. The summed E-state index contributed by atoms with van der Waals surface area (Å²) < 4.78 is 13.2. The predicted octanol–water partition coefficient (Wildman–Crippen LogP) is 3.83. The van der Waals surface area contributed by atoms with E-state index in [1.807, 2.05) is 6.07 Å². The maximum atomic E-state index is 13.2. The van der Waals surface area contributed by atoms with Crippen LogP contribution in [0.2, 0.25) is 5.02 Å². The van der Waals surface area contributed by atoms with Crippen molar-refractivity contribution < 1.29 is 4.39 Å². The van der Waals surface area contributed by atoms with Crippen LogP contribution in [0.4, 0.5) is 4.39 Å². The van der Waals surface area contributed by atoms with Crippen molar-refractivity contribution in [2.75, 3.05) is 13.1 Å². The van der Waals surface area contributed by atoms with Gasteiger partial charge >= 0.3 is 0 Å². The van der Waals surface area contributed by atoms with Gasteiger partial charge in [-0.3, -0.25) is 4.90 Å². The topological polar surface area (TPSA) is 15.3 Å². The largest absolute Gasteiger partial charge is 0.309 e. The summed E-state index contributed by atoms with van der Waals surface area (Å²) in [5.41, 5.74) is 1.20. The molecule has 1 saturated carbocycles. The Morgan fingerprint density at radius 3 is 2.81 bits per heavy atom. The smallest absolute Gasteiger partial charge is 0.124 e. The lowest BCUT2D eigenvalue weighted by Crippen LogP contribution is -2.62. The summed E-state index contributed by atoms with van der Waals surface area (Å²) in [6.45, 7) is 7.41. The molecule has 1 saturated heterocycles. The number of piperazine rings is 1. The number of rotatable bonds is 4. The highest BCUT2D eigenvalue weighted by molar-refractivity contribution is 6.31. The SMILES string of the molecule is CCC1(C)CN(Cc2ccc(F)cc2Cl)C(C2CC2)CN1. The third kappa shape index (κ3) is 3.41. The van der Waals surface area contributed by atoms with E-state index in [0.717, 1.165) is 37.5 Å². The molecule has 2 aliphatic rings. The van der Waals surface area contributed by atoms with Gasteiger partial charge in [-0.2, -0.15) is 0 Å². The highest BCUT2D eigenvalue weighted by atomic mass is 35.5. The first-order valence-electron chi connectivity index (χ1n) is 7.94. The summed E-state index contributed by atoms with van der Waals surface area (Å²) in [6, 6.07) is 5.34. The second-order valence-electron chi connectivity index (χ2n) is 6.84. The Labute approximate surface area is 131 Å². The van der Waals surface area contributed by atoms with Crippen LogP contribution in [-0.4, -0.2) is 29.6 Å². The van der Waals surface area contributed by atoms with Gasteiger partial charge in [0.15, 0.2) is 0 Å². The van der Waals surface area contributed by atoms with Crippen molar-refractivity contribution >= 4 is 11.6 Å². The lowest BCUT2D eigenvalue weighted by molar-refractivity contribution is 0.0662. The minimum Gasteiger partial charge on any atom is -0.309 e. The zero-order valence-electron chi connectivity index (χ0n) is 12.8. The molecule has 1 aliphatic heterocycles. The first-order valence-corrected chi connectivity index (χ1v) is 8.31. The molecule has 0 aromatic heterocycles. The summed E-state index contributed by atoms with van der Waals surface area (Å²) in [7, 11) is 0. The Morgan fingerprint density at radius 1 is 1.43 bits per heavy atom. The Balaban J connectivity index is 1.78.